The Hall–Kier alpha value is -1.19. The minimum Gasteiger partial charge on any atom is -0.396 e. The first-order chi connectivity index (χ1) is 8.81. The molecule has 1 aromatic rings. The largest absolute Gasteiger partial charge is 0.396 e. The summed E-state index contributed by atoms with van der Waals surface area (Å²) in [4.78, 5) is 14.4. The van der Waals surface area contributed by atoms with Gasteiger partial charge in [-0.05, 0) is 32.2 Å². The summed E-state index contributed by atoms with van der Waals surface area (Å²) in [7, 11) is 0. The SMILES string of the molecule is O=C(CN1CCCC1CCCO)c1ccccc1. The highest BCUT2D eigenvalue weighted by molar-refractivity contribution is 5.97. The Balaban J connectivity index is 1.90. The second-order valence-electron chi connectivity index (χ2n) is 4.92. The van der Waals surface area contributed by atoms with E-state index in [9.17, 15) is 4.79 Å². The Kier molecular flexibility index (Phi) is 4.90. The van der Waals surface area contributed by atoms with Gasteiger partial charge in [0, 0.05) is 18.2 Å². The Morgan fingerprint density at radius 3 is 2.83 bits per heavy atom. The average Bonchev–Trinajstić information content (AvgIpc) is 2.84. The molecule has 0 saturated carbocycles. The number of hydrogen-bond donors (Lipinski definition) is 1. The maximum absolute atomic E-state index is 12.1. The third kappa shape index (κ3) is 3.40. The van der Waals surface area contributed by atoms with E-state index in [1.54, 1.807) is 0 Å². The van der Waals surface area contributed by atoms with Crippen molar-refractivity contribution in [3.63, 3.8) is 0 Å². The van der Waals surface area contributed by atoms with Crippen LogP contribution in [0.25, 0.3) is 0 Å². The number of ketones is 1. The first-order valence-corrected chi connectivity index (χ1v) is 6.74. The van der Waals surface area contributed by atoms with Crippen LogP contribution in [0.2, 0.25) is 0 Å². The number of carbonyl (C=O) groups is 1. The number of rotatable bonds is 6. The van der Waals surface area contributed by atoms with Crippen molar-refractivity contribution in [3.05, 3.63) is 35.9 Å². The van der Waals surface area contributed by atoms with Gasteiger partial charge in [-0.1, -0.05) is 30.3 Å². The molecule has 98 valence electrons. The first-order valence-electron chi connectivity index (χ1n) is 6.74. The molecule has 0 aliphatic carbocycles. The van der Waals surface area contributed by atoms with Gasteiger partial charge in [0.1, 0.15) is 0 Å². The lowest BCUT2D eigenvalue weighted by atomic mass is 10.1. The molecular weight excluding hydrogens is 226 g/mol. The highest BCUT2D eigenvalue weighted by atomic mass is 16.2. The standard InChI is InChI=1S/C15H21NO2/c17-11-5-9-14-8-4-10-16(14)12-15(18)13-6-2-1-3-7-13/h1-3,6-7,14,17H,4-5,8-12H2. The summed E-state index contributed by atoms with van der Waals surface area (Å²) in [6.45, 7) is 1.77. The number of benzene rings is 1. The molecule has 0 radical (unpaired) electrons. The van der Waals surface area contributed by atoms with Crippen LogP contribution in [0, 0.1) is 0 Å². The van der Waals surface area contributed by atoms with E-state index in [0.717, 1.165) is 37.8 Å². The number of carbonyl (C=O) groups excluding carboxylic acids is 1. The van der Waals surface area contributed by atoms with Crippen LogP contribution in [0.1, 0.15) is 36.0 Å². The minimum atomic E-state index is 0.200. The minimum absolute atomic E-state index is 0.200. The van der Waals surface area contributed by atoms with E-state index >= 15 is 0 Å². The lowest BCUT2D eigenvalue weighted by Crippen LogP contribution is -2.34. The van der Waals surface area contributed by atoms with Crippen LogP contribution < -0.4 is 0 Å². The quantitative estimate of drug-likeness (QED) is 0.783. The van der Waals surface area contributed by atoms with Gasteiger partial charge in [0.2, 0.25) is 0 Å². The molecule has 3 nitrogen and oxygen atoms in total. The topological polar surface area (TPSA) is 40.5 Å². The van der Waals surface area contributed by atoms with Crippen LogP contribution in [0.4, 0.5) is 0 Å². The van der Waals surface area contributed by atoms with Gasteiger partial charge in [0.05, 0.1) is 6.54 Å². The number of hydrogen-bond acceptors (Lipinski definition) is 3. The Morgan fingerprint density at radius 1 is 1.33 bits per heavy atom. The van der Waals surface area contributed by atoms with E-state index < -0.39 is 0 Å². The molecule has 1 heterocycles. The molecule has 1 aromatic carbocycles. The molecule has 1 aliphatic heterocycles. The summed E-state index contributed by atoms with van der Waals surface area (Å²) < 4.78 is 0. The van der Waals surface area contributed by atoms with Crippen LogP contribution in [0.5, 0.6) is 0 Å². The second kappa shape index (κ2) is 6.66. The molecule has 0 amide bonds. The van der Waals surface area contributed by atoms with E-state index in [-0.39, 0.29) is 12.4 Å². The summed E-state index contributed by atoms with van der Waals surface area (Å²) >= 11 is 0. The van der Waals surface area contributed by atoms with Crippen LogP contribution in [0.15, 0.2) is 30.3 Å². The molecule has 1 unspecified atom stereocenters. The van der Waals surface area contributed by atoms with Gasteiger partial charge in [-0.25, -0.2) is 0 Å². The normalized spacial score (nSPS) is 20.2. The molecule has 1 aliphatic rings. The number of nitrogens with zero attached hydrogens (tertiary/aromatic N) is 1. The Labute approximate surface area is 108 Å². The Morgan fingerprint density at radius 2 is 2.11 bits per heavy atom. The summed E-state index contributed by atoms with van der Waals surface area (Å²) in [6, 6.07) is 9.96. The molecule has 1 saturated heterocycles. The lowest BCUT2D eigenvalue weighted by molar-refractivity contribution is 0.0916. The number of aliphatic hydroxyl groups excluding tert-OH is 1. The van der Waals surface area contributed by atoms with Gasteiger partial charge >= 0.3 is 0 Å². The van der Waals surface area contributed by atoms with E-state index in [2.05, 4.69) is 4.90 Å². The third-order valence-corrected chi connectivity index (χ3v) is 3.64. The molecule has 1 N–H and O–H groups in total. The lowest BCUT2D eigenvalue weighted by Gasteiger charge is -2.23. The van der Waals surface area contributed by atoms with Crippen molar-refractivity contribution in [2.75, 3.05) is 19.7 Å². The molecule has 1 atom stereocenters. The van der Waals surface area contributed by atoms with E-state index in [0.29, 0.717) is 12.6 Å². The first kappa shape index (κ1) is 13.2. The van der Waals surface area contributed by atoms with E-state index in [1.165, 1.54) is 0 Å². The molecule has 2 rings (SSSR count). The maximum atomic E-state index is 12.1. The van der Waals surface area contributed by atoms with Crippen molar-refractivity contribution in [2.24, 2.45) is 0 Å². The maximum Gasteiger partial charge on any atom is 0.176 e. The third-order valence-electron chi connectivity index (χ3n) is 3.64. The highest BCUT2D eigenvalue weighted by Crippen LogP contribution is 2.21. The molecular formula is C15H21NO2. The monoisotopic (exact) mass is 247 g/mol. The summed E-state index contributed by atoms with van der Waals surface area (Å²) in [5.74, 6) is 0.200. The predicted molar refractivity (Wildman–Crippen MR) is 71.7 cm³/mol. The van der Waals surface area contributed by atoms with Crippen molar-refractivity contribution >= 4 is 5.78 Å². The number of aliphatic hydroxyl groups is 1. The fraction of sp³-hybridized carbons (Fsp3) is 0.533. The molecule has 0 aromatic heterocycles. The van der Waals surface area contributed by atoms with Crippen LogP contribution in [-0.2, 0) is 0 Å². The predicted octanol–water partition coefficient (Wildman–Crippen LogP) is 2.11. The summed E-state index contributed by atoms with van der Waals surface area (Å²) in [5.41, 5.74) is 0.797. The molecule has 0 bridgehead atoms. The highest BCUT2D eigenvalue weighted by Gasteiger charge is 2.25. The van der Waals surface area contributed by atoms with Crippen molar-refractivity contribution in [1.82, 2.24) is 4.90 Å². The van der Waals surface area contributed by atoms with Gasteiger partial charge in [-0.15, -0.1) is 0 Å². The van der Waals surface area contributed by atoms with Gasteiger partial charge in [0.25, 0.3) is 0 Å². The fourth-order valence-corrected chi connectivity index (χ4v) is 2.66. The van der Waals surface area contributed by atoms with E-state index in [4.69, 9.17) is 5.11 Å². The van der Waals surface area contributed by atoms with Crippen LogP contribution >= 0.6 is 0 Å². The van der Waals surface area contributed by atoms with Gasteiger partial charge in [-0.2, -0.15) is 0 Å². The van der Waals surface area contributed by atoms with Crippen molar-refractivity contribution in [3.8, 4) is 0 Å². The van der Waals surface area contributed by atoms with Crippen LogP contribution in [-0.4, -0.2) is 41.5 Å². The number of Topliss-reactive ketones (excluding diaryl/α,β-unsaturated/α-hetero) is 1. The van der Waals surface area contributed by atoms with Crippen LogP contribution in [0.3, 0.4) is 0 Å². The van der Waals surface area contributed by atoms with Gasteiger partial charge in [0.15, 0.2) is 5.78 Å². The van der Waals surface area contributed by atoms with Gasteiger partial charge in [-0.3, -0.25) is 9.69 Å². The number of likely N-dealkylation sites (tertiary alicyclic amines) is 1. The zero-order valence-corrected chi connectivity index (χ0v) is 10.7. The van der Waals surface area contributed by atoms with E-state index in [1.807, 2.05) is 30.3 Å². The fourth-order valence-electron chi connectivity index (χ4n) is 2.66. The molecule has 0 spiro atoms. The smallest absolute Gasteiger partial charge is 0.176 e. The molecule has 3 heteroatoms. The molecule has 18 heavy (non-hydrogen) atoms. The van der Waals surface area contributed by atoms with Crippen molar-refractivity contribution in [1.29, 1.82) is 0 Å². The summed E-state index contributed by atoms with van der Waals surface area (Å²) in [6.07, 6.45) is 4.15. The average molecular weight is 247 g/mol. The van der Waals surface area contributed by atoms with Crippen molar-refractivity contribution < 1.29 is 9.90 Å². The Bertz CT molecular complexity index is 377. The molecule has 1 fully saturated rings. The van der Waals surface area contributed by atoms with Crippen molar-refractivity contribution in [2.45, 2.75) is 31.7 Å². The summed E-state index contributed by atoms with van der Waals surface area (Å²) in [5, 5.41) is 8.89. The van der Waals surface area contributed by atoms with Gasteiger partial charge < -0.3 is 5.11 Å². The zero-order valence-electron chi connectivity index (χ0n) is 10.7. The zero-order chi connectivity index (χ0) is 12.8. The second-order valence-corrected chi connectivity index (χ2v) is 4.92.